The van der Waals surface area contributed by atoms with E-state index in [-0.39, 0.29) is 0 Å². The standard InChI is InChI=1S/C10H11Cl2NO2/c1-13-9(10(14)15)5-6-2-3-7(11)8(12)4-6/h2-4,9,13H,5H2,1H3,(H,14,15)/p-1/t9-/m0/s1. The van der Waals surface area contributed by atoms with Crippen molar-refractivity contribution in [2.24, 2.45) is 0 Å². The van der Waals surface area contributed by atoms with Crippen LogP contribution in [-0.4, -0.2) is 19.1 Å². The summed E-state index contributed by atoms with van der Waals surface area (Å²) >= 11 is 11.5. The average molecular weight is 247 g/mol. The Morgan fingerprint density at radius 2 is 2.13 bits per heavy atom. The molecule has 82 valence electrons. The number of carboxylic acid groups (broad SMARTS) is 1. The van der Waals surface area contributed by atoms with Crippen LogP contribution in [0.25, 0.3) is 0 Å². The van der Waals surface area contributed by atoms with E-state index < -0.39 is 12.0 Å². The van der Waals surface area contributed by atoms with E-state index in [4.69, 9.17) is 23.2 Å². The highest BCUT2D eigenvalue weighted by atomic mass is 35.5. The number of nitrogens with one attached hydrogen (secondary N) is 1. The smallest absolute Gasteiger partial charge is 0.0595 e. The Balaban J connectivity index is 2.80. The maximum atomic E-state index is 10.7. The van der Waals surface area contributed by atoms with Crippen LogP contribution in [0, 0.1) is 0 Å². The summed E-state index contributed by atoms with van der Waals surface area (Å²) < 4.78 is 0. The number of halogens is 2. The number of benzene rings is 1. The van der Waals surface area contributed by atoms with Crippen molar-refractivity contribution < 1.29 is 9.90 Å². The number of rotatable bonds is 4. The normalized spacial score (nSPS) is 12.5. The highest BCUT2D eigenvalue weighted by Crippen LogP contribution is 2.23. The predicted octanol–water partition coefficient (Wildman–Crippen LogP) is 0.874. The third-order valence-electron chi connectivity index (χ3n) is 2.06. The van der Waals surface area contributed by atoms with E-state index in [1.54, 1.807) is 25.2 Å². The molecule has 3 nitrogen and oxygen atoms in total. The molecule has 0 aliphatic rings. The summed E-state index contributed by atoms with van der Waals surface area (Å²) in [6, 6.07) is 4.31. The second kappa shape index (κ2) is 5.35. The summed E-state index contributed by atoms with van der Waals surface area (Å²) in [6.07, 6.45) is 0.315. The fourth-order valence-corrected chi connectivity index (χ4v) is 1.53. The number of carbonyl (C=O) groups is 1. The molecule has 1 atom stereocenters. The zero-order valence-electron chi connectivity index (χ0n) is 8.09. The van der Waals surface area contributed by atoms with Gasteiger partial charge in [0.2, 0.25) is 0 Å². The summed E-state index contributed by atoms with van der Waals surface area (Å²) in [6.45, 7) is 0. The van der Waals surface area contributed by atoms with Crippen molar-refractivity contribution in [3.63, 3.8) is 0 Å². The van der Waals surface area contributed by atoms with Crippen LogP contribution in [0.15, 0.2) is 18.2 Å². The number of hydrogen-bond donors (Lipinski definition) is 1. The molecular weight excluding hydrogens is 237 g/mol. The van der Waals surface area contributed by atoms with Gasteiger partial charge >= 0.3 is 0 Å². The van der Waals surface area contributed by atoms with Crippen molar-refractivity contribution >= 4 is 29.2 Å². The molecule has 0 amide bonds. The van der Waals surface area contributed by atoms with Crippen LogP contribution in [0.3, 0.4) is 0 Å². The third kappa shape index (κ3) is 3.38. The molecule has 1 rings (SSSR count). The number of hydrogen-bond acceptors (Lipinski definition) is 3. The van der Waals surface area contributed by atoms with Gasteiger partial charge in [-0.05, 0) is 31.2 Å². The molecule has 1 aromatic rings. The molecular formula is C10H10Cl2NO2-. The van der Waals surface area contributed by atoms with E-state index in [9.17, 15) is 9.90 Å². The Morgan fingerprint density at radius 1 is 1.47 bits per heavy atom. The minimum absolute atomic E-state index is 0.315. The summed E-state index contributed by atoms with van der Waals surface area (Å²) in [5.41, 5.74) is 0.799. The van der Waals surface area contributed by atoms with E-state index in [2.05, 4.69) is 5.32 Å². The largest absolute Gasteiger partial charge is 0.548 e. The zero-order valence-corrected chi connectivity index (χ0v) is 9.60. The van der Waals surface area contributed by atoms with E-state index in [0.717, 1.165) is 5.56 Å². The quantitative estimate of drug-likeness (QED) is 0.859. The van der Waals surface area contributed by atoms with Gasteiger partial charge in [0.1, 0.15) is 0 Å². The van der Waals surface area contributed by atoms with Crippen molar-refractivity contribution in [3.05, 3.63) is 33.8 Å². The molecule has 0 aliphatic carbocycles. The first kappa shape index (κ1) is 12.3. The Morgan fingerprint density at radius 3 is 2.60 bits per heavy atom. The molecule has 0 bridgehead atoms. The first-order valence-corrected chi connectivity index (χ1v) is 5.12. The second-order valence-electron chi connectivity index (χ2n) is 3.11. The van der Waals surface area contributed by atoms with Crippen molar-refractivity contribution in [3.8, 4) is 0 Å². The van der Waals surface area contributed by atoms with Crippen LogP contribution < -0.4 is 10.4 Å². The summed E-state index contributed by atoms with van der Waals surface area (Å²) in [5, 5.41) is 14.2. The van der Waals surface area contributed by atoms with Gasteiger partial charge in [-0.1, -0.05) is 29.3 Å². The Labute approximate surface area is 98.0 Å². The molecule has 0 saturated carbocycles. The molecule has 0 fully saturated rings. The molecule has 0 spiro atoms. The van der Waals surface area contributed by atoms with Gasteiger partial charge in [-0.2, -0.15) is 0 Å². The van der Waals surface area contributed by atoms with Crippen LogP contribution in [-0.2, 0) is 11.2 Å². The van der Waals surface area contributed by atoms with Gasteiger partial charge in [0, 0.05) is 0 Å². The first-order chi connectivity index (χ1) is 7.04. The molecule has 0 aromatic heterocycles. The lowest BCUT2D eigenvalue weighted by molar-refractivity contribution is -0.308. The molecule has 5 heteroatoms. The highest BCUT2D eigenvalue weighted by Gasteiger charge is 2.09. The lowest BCUT2D eigenvalue weighted by Gasteiger charge is -2.17. The fourth-order valence-electron chi connectivity index (χ4n) is 1.21. The lowest BCUT2D eigenvalue weighted by Crippen LogP contribution is -2.45. The van der Waals surface area contributed by atoms with E-state index >= 15 is 0 Å². The molecule has 1 N–H and O–H groups in total. The van der Waals surface area contributed by atoms with Gasteiger partial charge in [0.05, 0.1) is 22.1 Å². The third-order valence-corrected chi connectivity index (χ3v) is 2.80. The second-order valence-corrected chi connectivity index (χ2v) is 3.93. The molecule has 0 saturated heterocycles. The minimum atomic E-state index is -1.14. The molecule has 1 aromatic carbocycles. The molecule has 0 heterocycles. The maximum absolute atomic E-state index is 10.7. The maximum Gasteiger partial charge on any atom is 0.0595 e. The Kier molecular flexibility index (Phi) is 4.39. The molecule has 0 unspecified atom stereocenters. The predicted molar refractivity (Wildman–Crippen MR) is 58.0 cm³/mol. The topological polar surface area (TPSA) is 52.2 Å². The summed E-state index contributed by atoms with van der Waals surface area (Å²) in [4.78, 5) is 10.7. The van der Waals surface area contributed by atoms with Crippen LogP contribution in [0.4, 0.5) is 0 Å². The van der Waals surface area contributed by atoms with Gasteiger partial charge in [-0.25, -0.2) is 0 Å². The van der Waals surface area contributed by atoms with Gasteiger partial charge < -0.3 is 15.2 Å². The van der Waals surface area contributed by atoms with E-state index in [1.165, 1.54) is 0 Å². The Bertz CT molecular complexity index is 368. The number of aliphatic carboxylic acids is 1. The molecule has 0 aliphatic heterocycles. The van der Waals surface area contributed by atoms with Crippen molar-refractivity contribution in [2.45, 2.75) is 12.5 Å². The summed E-state index contributed by atoms with van der Waals surface area (Å²) in [7, 11) is 1.57. The highest BCUT2D eigenvalue weighted by molar-refractivity contribution is 6.42. The van der Waals surface area contributed by atoms with E-state index in [1.807, 2.05) is 0 Å². The van der Waals surface area contributed by atoms with Crippen molar-refractivity contribution in [1.29, 1.82) is 0 Å². The molecule has 15 heavy (non-hydrogen) atoms. The SMILES string of the molecule is CN[C@@H](Cc1ccc(Cl)c(Cl)c1)C(=O)[O-]. The molecule has 0 radical (unpaired) electrons. The minimum Gasteiger partial charge on any atom is -0.548 e. The monoisotopic (exact) mass is 246 g/mol. The van der Waals surface area contributed by atoms with Crippen LogP contribution in [0.1, 0.15) is 5.56 Å². The van der Waals surface area contributed by atoms with Crippen LogP contribution in [0.2, 0.25) is 10.0 Å². The van der Waals surface area contributed by atoms with Crippen LogP contribution in [0.5, 0.6) is 0 Å². The van der Waals surface area contributed by atoms with Gasteiger partial charge in [0.25, 0.3) is 0 Å². The van der Waals surface area contributed by atoms with Gasteiger partial charge in [-0.3, -0.25) is 0 Å². The van der Waals surface area contributed by atoms with Gasteiger partial charge in [-0.15, -0.1) is 0 Å². The number of likely N-dealkylation sites (N-methyl/N-ethyl adjacent to an activating group) is 1. The summed E-state index contributed by atoms with van der Waals surface area (Å²) in [5.74, 6) is -1.14. The van der Waals surface area contributed by atoms with Crippen molar-refractivity contribution in [1.82, 2.24) is 5.32 Å². The Hall–Kier alpha value is -0.770. The fraction of sp³-hybridized carbons (Fsp3) is 0.300. The number of carboxylic acids is 1. The van der Waals surface area contributed by atoms with Crippen molar-refractivity contribution in [2.75, 3.05) is 7.05 Å². The average Bonchev–Trinajstić information content (AvgIpc) is 2.19. The first-order valence-electron chi connectivity index (χ1n) is 4.36. The number of carbonyl (C=O) groups excluding carboxylic acids is 1. The zero-order chi connectivity index (χ0) is 11.4. The lowest BCUT2D eigenvalue weighted by atomic mass is 10.1. The van der Waals surface area contributed by atoms with E-state index in [0.29, 0.717) is 16.5 Å². The van der Waals surface area contributed by atoms with Crippen LogP contribution >= 0.6 is 23.2 Å². The van der Waals surface area contributed by atoms with Gasteiger partial charge in [0.15, 0.2) is 0 Å².